The van der Waals surface area contributed by atoms with Crippen LogP contribution in [-0.4, -0.2) is 20.4 Å². The lowest BCUT2D eigenvalue weighted by Crippen LogP contribution is -2.12. The Kier molecular flexibility index (Phi) is 5.60. The normalized spacial score (nSPS) is 12.5. The van der Waals surface area contributed by atoms with Gasteiger partial charge < -0.3 is 14.8 Å². The van der Waals surface area contributed by atoms with Crippen molar-refractivity contribution >= 4 is 11.6 Å². The van der Waals surface area contributed by atoms with Gasteiger partial charge >= 0.3 is 0 Å². The molecule has 0 spiro atoms. The van der Waals surface area contributed by atoms with Crippen molar-refractivity contribution in [3.8, 4) is 5.75 Å². The van der Waals surface area contributed by atoms with Crippen LogP contribution in [0.3, 0.4) is 0 Å². The Morgan fingerprint density at radius 1 is 1.44 bits per heavy atom. The van der Waals surface area contributed by atoms with Gasteiger partial charge in [-0.25, -0.2) is 0 Å². The summed E-state index contributed by atoms with van der Waals surface area (Å²) in [7, 11) is 1.91. The Balaban J connectivity index is 2.67. The highest BCUT2D eigenvalue weighted by atomic mass is 35.5. The largest absolute Gasteiger partial charge is 0.466 e. The van der Waals surface area contributed by atoms with Gasteiger partial charge in [0.25, 0.3) is 0 Å². The summed E-state index contributed by atoms with van der Waals surface area (Å²) in [4.78, 5) is 0. The quantitative estimate of drug-likeness (QED) is 0.616. The third-order valence-electron chi connectivity index (χ3n) is 2.39. The predicted octanol–water partition coefficient (Wildman–Crippen LogP) is 2.99. The van der Waals surface area contributed by atoms with Gasteiger partial charge in [0.05, 0.1) is 5.02 Å². The monoisotopic (exact) mass is 243 g/mol. The van der Waals surface area contributed by atoms with E-state index in [1.165, 1.54) is 0 Å². The molecule has 0 aliphatic rings. The van der Waals surface area contributed by atoms with Gasteiger partial charge in [-0.15, -0.1) is 0 Å². The van der Waals surface area contributed by atoms with Crippen molar-refractivity contribution in [3.05, 3.63) is 28.8 Å². The standard InChI is InChI=1S/C12H18ClNO2/c1-4-15-8-16-12-6-5-10(7-11(12)13)9(2)14-3/h5-7,9,14H,4,8H2,1-3H3. The van der Waals surface area contributed by atoms with Crippen molar-refractivity contribution in [3.63, 3.8) is 0 Å². The van der Waals surface area contributed by atoms with E-state index >= 15 is 0 Å². The fraction of sp³-hybridized carbons (Fsp3) is 0.500. The average molecular weight is 244 g/mol. The molecular formula is C12H18ClNO2. The van der Waals surface area contributed by atoms with Gasteiger partial charge in [-0.2, -0.15) is 0 Å². The van der Waals surface area contributed by atoms with Crippen LogP contribution in [0.4, 0.5) is 0 Å². The number of hydrogen-bond donors (Lipinski definition) is 1. The topological polar surface area (TPSA) is 30.5 Å². The van der Waals surface area contributed by atoms with E-state index in [1.54, 1.807) is 0 Å². The number of hydrogen-bond acceptors (Lipinski definition) is 3. The first-order valence-corrected chi connectivity index (χ1v) is 5.74. The first kappa shape index (κ1) is 13.3. The van der Waals surface area contributed by atoms with Crippen LogP contribution < -0.4 is 10.1 Å². The SMILES string of the molecule is CCOCOc1ccc(C(C)NC)cc1Cl. The highest BCUT2D eigenvalue weighted by molar-refractivity contribution is 6.32. The number of halogens is 1. The molecule has 1 atom stereocenters. The molecule has 0 aromatic heterocycles. The highest BCUT2D eigenvalue weighted by Crippen LogP contribution is 2.27. The van der Waals surface area contributed by atoms with Gasteiger partial charge in [0.15, 0.2) is 6.79 Å². The summed E-state index contributed by atoms with van der Waals surface area (Å²) in [6, 6.07) is 6.04. The lowest BCUT2D eigenvalue weighted by molar-refractivity contribution is 0.0224. The summed E-state index contributed by atoms with van der Waals surface area (Å²) < 4.78 is 10.5. The summed E-state index contributed by atoms with van der Waals surface area (Å²) in [6.07, 6.45) is 0. The van der Waals surface area contributed by atoms with Crippen molar-refractivity contribution in [2.45, 2.75) is 19.9 Å². The van der Waals surface area contributed by atoms with E-state index in [1.807, 2.05) is 32.2 Å². The fourth-order valence-corrected chi connectivity index (χ4v) is 1.50. The number of rotatable bonds is 6. The van der Waals surface area contributed by atoms with Crippen molar-refractivity contribution in [2.24, 2.45) is 0 Å². The Labute approximate surface area is 102 Å². The molecule has 3 nitrogen and oxygen atoms in total. The van der Waals surface area contributed by atoms with Gasteiger partial charge in [0.1, 0.15) is 5.75 Å². The molecule has 0 heterocycles. The highest BCUT2D eigenvalue weighted by Gasteiger charge is 2.07. The van der Waals surface area contributed by atoms with Crippen molar-refractivity contribution < 1.29 is 9.47 Å². The van der Waals surface area contributed by atoms with E-state index in [0.717, 1.165) is 5.56 Å². The molecule has 0 radical (unpaired) electrons. The molecule has 1 rings (SSSR count). The Bertz CT molecular complexity index is 331. The maximum Gasteiger partial charge on any atom is 0.189 e. The summed E-state index contributed by atoms with van der Waals surface area (Å²) in [5.41, 5.74) is 1.14. The van der Waals surface area contributed by atoms with Gasteiger partial charge in [0, 0.05) is 12.6 Å². The minimum absolute atomic E-state index is 0.233. The van der Waals surface area contributed by atoms with Crippen LogP contribution in [0.25, 0.3) is 0 Å². The molecule has 1 N–H and O–H groups in total. The van der Waals surface area contributed by atoms with Crippen LogP contribution in [0.15, 0.2) is 18.2 Å². The lowest BCUT2D eigenvalue weighted by atomic mass is 10.1. The van der Waals surface area contributed by atoms with E-state index in [0.29, 0.717) is 17.4 Å². The first-order valence-electron chi connectivity index (χ1n) is 5.36. The Morgan fingerprint density at radius 3 is 2.75 bits per heavy atom. The molecule has 0 amide bonds. The molecule has 0 aliphatic heterocycles. The third-order valence-corrected chi connectivity index (χ3v) is 2.69. The molecule has 1 aromatic carbocycles. The maximum atomic E-state index is 6.10. The number of benzene rings is 1. The molecule has 0 saturated heterocycles. The van der Waals surface area contributed by atoms with Crippen LogP contribution in [-0.2, 0) is 4.74 Å². The number of nitrogens with one attached hydrogen (secondary N) is 1. The van der Waals surface area contributed by atoms with E-state index < -0.39 is 0 Å². The second-order valence-electron chi connectivity index (χ2n) is 3.46. The second kappa shape index (κ2) is 6.74. The van der Waals surface area contributed by atoms with Crippen LogP contribution in [0.1, 0.15) is 25.5 Å². The van der Waals surface area contributed by atoms with E-state index in [9.17, 15) is 0 Å². The lowest BCUT2D eigenvalue weighted by Gasteiger charge is -2.13. The zero-order valence-electron chi connectivity index (χ0n) is 9.92. The van der Waals surface area contributed by atoms with Gasteiger partial charge in [-0.3, -0.25) is 0 Å². The molecule has 16 heavy (non-hydrogen) atoms. The van der Waals surface area contributed by atoms with Crippen LogP contribution in [0, 0.1) is 0 Å². The van der Waals surface area contributed by atoms with Crippen molar-refractivity contribution in [1.29, 1.82) is 0 Å². The van der Waals surface area contributed by atoms with E-state index in [2.05, 4.69) is 12.2 Å². The Morgan fingerprint density at radius 2 is 2.19 bits per heavy atom. The summed E-state index contributed by atoms with van der Waals surface area (Å²) in [5.74, 6) is 0.655. The van der Waals surface area contributed by atoms with E-state index in [-0.39, 0.29) is 12.8 Å². The van der Waals surface area contributed by atoms with Crippen LogP contribution in [0.5, 0.6) is 5.75 Å². The molecule has 4 heteroatoms. The predicted molar refractivity (Wildman–Crippen MR) is 66.0 cm³/mol. The second-order valence-corrected chi connectivity index (χ2v) is 3.86. The van der Waals surface area contributed by atoms with Gasteiger partial charge in [-0.05, 0) is 38.6 Å². The maximum absolute atomic E-state index is 6.10. The fourth-order valence-electron chi connectivity index (χ4n) is 1.26. The zero-order valence-corrected chi connectivity index (χ0v) is 10.7. The van der Waals surface area contributed by atoms with Crippen LogP contribution in [0.2, 0.25) is 5.02 Å². The average Bonchev–Trinajstić information content (AvgIpc) is 2.30. The smallest absolute Gasteiger partial charge is 0.189 e. The molecule has 0 fully saturated rings. The summed E-state index contributed by atoms with van der Waals surface area (Å²) in [5, 5.41) is 3.77. The van der Waals surface area contributed by atoms with Gasteiger partial charge in [0.2, 0.25) is 0 Å². The Hall–Kier alpha value is -0.770. The molecule has 0 aliphatic carbocycles. The summed E-state index contributed by atoms with van der Waals surface area (Å²) in [6.45, 7) is 4.86. The van der Waals surface area contributed by atoms with Crippen molar-refractivity contribution in [1.82, 2.24) is 5.32 Å². The molecule has 90 valence electrons. The molecule has 0 bridgehead atoms. The minimum atomic E-state index is 0.233. The van der Waals surface area contributed by atoms with E-state index in [4.69, 9.17) is 21.1 Å². The first-order chi connectivity index (χ1) is 7.69. The van der Waals surface area contributed by atoms with Crippen molar-refractivity contribution in [2.75, 3.05) is 20.4 Å². The summed E-state index contributed by atoms with van der Waals surface area (Å²) >= 11 is 6.10. The molecule has 0 saturated carbocycles. The van der Waals surface area contributed by atoms with Gasteiger partial charge in [-0.1, -0.05) is 17.7 Å². The zero-order chi connectivity index (χ0) is 12.0. The molecule has 1 unspecified atom stereocenters. The molecule has 1 aromatic rings. The third kappa shape index (κ3) is 3.67. The van der Waals surface area contributed by atoms with Crippen LogP contribution >= 0.6 is 11.6 Å². The molecular weight excluding hydrogens is 226 g/mol. The minimum Gasteiger partial charge on any atom is -0.466 e. The number of ether oxygens (including phenoxy) is 2.